The van der Waals surface area contributed by atoms with Gasteiger partial charge >= 0.3 is 0 Å². The normalized spacial score (nSPS) is 25.1. The Labute approximate surface area is 157 Å². The molecule has 1 fully saturated rings. The molecule has 2 heterocycles. The minimum absolute atomic E-state index is 0.156. The molecule has 2 aromatic rings. The van der Waals surface area contributed by atoms with Crippen molar-refractivity contribution in [2.24, 2.45) is 11.8 Å². The fourth-order valence-electron chi connectivity index (χ4n) is 4.05. The number of Topliss-reactive ketones (excluding diaryl/α,β-unsaturated/α-hetero) is 1. The molecular weight excluding hydrogens is 338 g/mol. The van der Waals surface area contributed by atoms with E-state index in [1.807, 2.05) is 41.3 Å². The number of anilines is 1. The number of ether oxygens (including phenoxy) is 1. The van der Waals surface area contributed by atoms with E-state index < -0.39 is 17.9 Å². The molecule has 4 unspecified atom stereocenters. The van der Waals surface area contributed by atoms with Crippen LogP contribution in [0.1, 0.15) is 15.9 Å². The summed E-state index contributed by atoms with van der Waals surface area (Å²) in [4.78, 5) is 15.3. The Morgan fingerprint density at radius 3 is 2.41 bits per heavy atom. The zero-order valence-corrected chi connectivity index (χ0v) is 14.7. The number of carbonyl (C=O) groups excluding carboxylic acids is 1. The Kier molecular flexibility index (Phi) is 4.14. The van der Waals surface area contributed by atoms with Crippen molar-refractivity contribution in [2.75, 3.05) is 12.0 Å². The lowest BCUT2D eigenvalue weighted by atomic mass is 9.86. The van der Waals surface area contributed by atoms with Crippen LogP contribution in [0.25, 0.3) is 6.08 Å². The molecule has 2 aromatic carbocycles. The first-order valence-electron chi connectivity index (χ1n) is 8.72. The lowest BCUT2D eigenvalue weighted by Crippen LogP contribution is -2.43. The predicted molar refractivity (Wildman–Crippen MR) is 101 cm³/mol. The average Bonchev–Trinajstić information content (AvgIpc) is 3.07. The molecule has 27 heavy (non-hydrogen) atoms. The minimum atomic E-state index is -0.704. The second-order valence-corrected chi connectivity index (χ2v) is 6.66. The zero-order chi connectivity index (χ0) is 19.0. The number of ketones is 1. The first kappa shape index (κ1) is 16.9. The summed E-state index contributed by atoms with van der Waals surface area (Å²) in [6, 6.07) is 18.1. The van der Waals surface area contributed by atoms with Crippen molar-refractivity contribution in [1.82, 2.24) is 0 Å². The lowest BCUT2D eigenvalue weighted by Gasteiger charge is -2.34. The van der Waals surface area contributed by atoms with E-state index in [0.29, 0.717) is 11.3 Å². The van der Waals surface area contributed by atoms with Crippen molar-refractivity contribution in [1.29, 1.82) is 10.5 Å². The number of benzene rings is 2. The maximum atomic E-state index is 13.4. The van der Waals surface area contributed by atoms with Crippen LogP contribution in [-0.4, -0.2) is 25.0 Å². The molecule has 4 atom stereocenters. The van der Waals surface area contributed by atoms with E-state index in [-0.39, 0.29) is 11.8 Å². The predicted octanol–water partition coefficient (Wildman–Crippen LogP) is 3.44. The van der Waals surface area contributed by atoms with Crippen molar-refractivity contribution in [3.63, 3.8) is 0 Å². The van der Waals surface area contributed by atoms with Gasteiger partial charge in [0.2, 0.25) is 0 Å². The van der Waals surface area contributed by atoms with E-state index in [4.69, 9.17) is 4.74 Å². The van der Waals surface area contributed by atoms with Gasteiger partial charge in [-0.1, -0.05) is 30.4 Å². The largest absolute Gasteiger partial charge is 0.497 e. The molecule has 0 N–H and O–H groups in total. The van der Waals surface area contributed by atoms with Crippen LogP contribution in [0.4, 0.5) is 5.69 Å². The monoisotopic (exact) mass is 355 g/mol. The Balaban J connectivity index is 1.81. The number of fused-ring (bicyclic) bond motifs is 3. The first-order chi connectivity index (χ1) is 13.2. The summed E-state index contributed by atoms with van der Waals surface area (Å²) in [5.74, 6) is -0.761. The number of rotatable bonds is 3. The quantitative estimate of drug-likeness (QED) is 0.788. The summed E-state index contributed by atoms with van der Waals surface area (Å²) >= 11 is 0. The van der Waals surface area contributed by atoms with E-state index in [0.717, 1.165) is 11.3 Å². The fraction of sp³-hybridized carbons (Fsp3) is 0.227. The summed E-state index contributed by atoms with van der Waals surface area (Å²) in [7, 11) is 1.57. The Morgan fingerprint density at radius 1 is 1.04 bits per heavy atom. The Bertz CT molecular complexity index is 997. The molecule has 1 saturated heterocycles. The average molecular weight is 355 g/mol. The van der Waals surface area contributed by atoms with Crippen molar-refractivity contribution in [2.45, 2.75) is 12.1 Å². The van der Waals surface area contributed by atoms with Crippen molar-refractivity contribution in [3.05, 3.63) is 65.7 Å². The van der Waals surface area contributed by atoms with Crippen molar-refractivity contribution >= 4 is 17.5 Å². The summed E-state index contributed by atoms with van der Waals surface area (Å²) in [5, 5.41) is 19.5. The highest BCUT2D eigenvalue weighted by Crippen LogP contribution is 2.44. The minimum Gasteiger partial charge on any atom is -0.497 e. The van der Waals surface area contributed by atoms with Crippen LogP contribution in [0, 0.1) is 34.5 Å². The summed E-state index contributed by atoms with van der Waals surface area (Å²) in [6.45, 7) is 0. The fourth-order valence-corrected chi connectivity index (χ4v) is 4.05. The number of hydrogen-bond donors (Lipinski definition) is 0. The number of para-hydroxylation sites is 1. The van der Waals surface area contributed by atoms with Gasteiger partial charge in [-0.15, -0.1) is 0 Å². The van der Waals surface area contributed by atoms with Crippen molar-refractivity contribution < 1.29 is 9.53 Å². The van der Waals surface area contributed by atoms with Crippen LogP contribution in [0.3, 0.4) is 0 Å². The van der Waals surface area contributed by atoms with Crippen molar-refractivity contribution in [3.8, 4) is 17.9 Å². The molecule has 5 nitrogen and oxygen atoms in total. The molecule has 0 saturated carbocycles. The van der Waals surface area contributed by atoms with E-state index in [2.05, 4.69) is 12.1 Å². The van der Waals surface area contributed by atoms with Gasteiger partial charge in [0.1, 0.15) is 11.8 Å². The molecule has 4 rings (SSSR count). The molecule has 0 aromatic heterocycles. The standard InChI is InChI=1S/C22H17N3O2/c1-27-16-9-6-15(7-10-16)22(26)21-18(13-24)17(12-23)20-11-8-14-4-2-3-5-19(14)25(20)21/h2-11,17-18,20-21H,1H3. The molecule has 0 amide bonds. The van der Waals surface area contributed by atoms with Crippen LogP contribution in [0.5, 0.6) is 5.75 Å². The van der Waals surface area contributed by atoms with E-state index in [1.165, 1.54) is 0 Å². The molecule has 2 aliphatic heterocycles. The maximum Gasteiger partial charge on any atom is 0.186 e. The second kappa shape index (κ2) is 6.63. The topological polar surface area (TPSA) is 77.1 Å². The van der Waals surface area contributed by atoms with Crippen LogP contribution in [0.15, 0.2) is 54.6 Å². The third kappa shape index (κ3) is 2.56. The number of nitriles is 2. The van der Waals surface area contributed by atoms with Crippen LogP contribution < -0.4 is 9.64 Å². The molecule has 5 heteroatoms. The second-order valence-electron chi connectivity index (χ2n) is 6.66. The Morgan fingerprint density at radius 2 is 1.74 bits per heavy atom. The van der Waals surface area contributed by atoms with Gasteiger partial charge < -0.3 is 9.64 Å². The molecule has 0 aliphatic carbocycles. The van der Waals surface area contributed by atoms with Gasteiger partial charge in [-0.05, 0) is 35.9 Å². The Hall–Kier alpha value is -3.57. The van der Waals surface area contributed by atoms with E-state index in [1.54, 1.807) is 31.4 Å². The summed E-state index contributed by atoms with van der Waals surface area (Å²) in [5.41, 5.74) is 2.37. The van der Waals surface area contributed by atoms with Crippen LogP contribution >= 0.6 is 0 Å². The number of methoxy groups -OCH3 is 1. The van der Waals surface area contributed by atoms with Gasteiger partial charge in [0.15, 0.2) is 5.78 Å². The van der Waals surface area contributed by atoms with Crippen LogP contribution in [0.2, 0.25) is 0 Å². The lowest BCUT2D eigenvalue weighted by molar-refractivity contribution is 0.0949. The zero-order valence-electron chi connectivity index (χ0n) is 14.7. The SMILES string of the molecule is COc1ccc(C(=O)C2C(C#N)C(C#N)C3C=Cc4ccccc4N32)cc1. The summed E-state index contributed by atoms with van der Waals surface area (Å²) in [6.07, 6.45) is 3.90. The van der Waals surface area contributed by atoms with Gasteiger partial charge in [0.05, 0.1) is 37.1 Å². The molecule has 2 aliphatic rings. The maximum absolute atomic E-state index is 13.4. The summed E-state index contributed by atoms with van der Waals surface area (Å²) < 4.78 is 5.16. The van der Waals surface area contributed by atoms with Gasteiger partial charge in [-0.25, -0.2) is 0 Å². The van der Waals surface area contributed by atoms with Gasteiger partial charge in [0, 0.05) is 11.3 Å². The molecule has 0 bridgehead atoms. The van der Waals surface area contributed by atoms with E-state index in [9.17, 15) is 15.3 Å². The van der Waals surface area contributed by atoms with Gasteiger partial charge in [0.25, 0.3) is 0 Å². The highest BCUT2D eigenvalue weighted by atomic mass is 16.5. The smallest absolute Gasteiger partial charge is 0.186 e. The number of nitrogens with zero attached hydrogens (tertiary/aromatic N) is 3. The molecular formula is C22H17N3O2. The molecule has 132 valence electrons. The first-order valence-corrected chi connectivity index (χ1v) is 8.72. The van der Waals surface area contributed by atoms with E-state index >= 15 is 0 Å². The third-order valence-corrected chi connectivity index (χ3v) is 5.35. The highest BCUT2D eigenvalue weighted by Gasteiger charge is 2.53. The van der Waals surface area contributed by atoms with Crippen LogP contribution in [-0.2, 0) is 0 Å². The van der Waals surface area contributed by atoms with Gasteiger partial charge in [-0.2, -0.15) is 10.5 Å². The molecule has 0 spiro atoms. The number of carbonyl (C=O) groups is 1. The third-order valence-electron chi connectivity index (χ3n) is 5.35. The van der Waals surface area contributed by atoms with Gasteiger partial charge in [-0.3, -0.25) is 4.79 Å². The highest BCUT2D eigenvalue weighted by molar-refractivity contribution is 6.04. The number of hydrogen-bond acceptors (Lipinski definition) is 5. The molecule has 0 radical (unpaired) electrons.